The Morgan fingerprint density at radius 1 is 0.243 bits per heavy atom. The first-order valence-electron chi connectivity index (χ1n) is 35.4. The summed E-state index contributed by atoms with van der Waals surface area (Å²) in [7, 11) is 0. The summed E-state index contributed by atoms with van der Waals surface area (Å²) >= 11 is 3.64. The van der Waals surface area contributed by atoms with E-state index in [0.717, 1.165) is 49.7 Å². The van der Waals surface area contributed by atoms with Crippen LogP contribution >= 0.6 is 15.9 Å². The second kappa shape index (κ2) is 32.6. The topological polar surface area (TPSA) is 25.1 Å². The number of nitrogens with one attached hydrogen (secondary N) is 1. The Kier molecular flexibility index (Phi) is 21.5. The van der Waals surface area contributed by atoms with Gasteiger partial charge in [-0.15, -0.1) is 0 Å². The van der Waals surface area contributed by atoms with Gasteiger partial charge in [0.1, 0.15) is 0 Å². The molecule has 107 heavy (non-hydrogen) atoms. The molecule has 2 aromatic heterocycles. The van der Waals surface area contributed by atoms with E-state index in [9.17, 15) is 0 Å². The smallest absolute Gasteiger partial charge is 0.0542 e. The highest BCUT2D eigenvalue weighted by molar-refractivity contribution is 9.10. The van der Waals surface area contributed by atoms with Gasteiger partial charge in [0.05, 0.1) is 22.1 Å². The minimum atomic E-state index is 0. The van der Waals surface area contributed by atoms with Crippen molar-refractivity contribution in [2.75, 3.05) is 10.2 Å². The van der Waals surface area contributed by atoms with Crippen LogP contribution < -0.4 is 10.2 Å². The lowest BCUT2D eigenvalue weighted by atomic mass is 10.0. The molecule has 0 spiro atoms. The summed E-state index contributed by atoms with van der Waals surface area (Å²) in [5.41, 5.74) is 29.3. The van der Waals surface area contributed by atoms with Crippen LogP contribution in [0.2, 0.25) is 0 Å². The fourth-order valence-electron chi connectivity index (χ4n) is 14.1. The molecular weight excluding hydrogens is 1360 g/mol. The summed E-state index contributed by atoms with van der Waals surface area (Å²) in [4.78, 5) is 2.37. The molecule has 16 aromatic carbocycles. The minimum absolute atomic E-state index is 0. The number of benzene rings is 16. The maximum Gasteiger partial charge on any atom is 0.0542 e. The number of rotatable bonds is 15. The molecule has 18 aromatic rings. The molecule has 5 heteroatoms. The number of fused-ring (bicyclic) bond motifs is 6. The summed E-state index contributed by atoms with van der Waals surface area (Å²) in [5, 5.41) is 8.38. The Hall–Kier alpha value is -13.3. The van der Waals surface area contributed by atoms with Gasteiger partial charge in [0, 0.05) is 65.8 Å². The summed E-state index contributed by atoms with van der Waals surface area (Å²) in [6, 6.07) is 142. The van der Waals surface area contributed by atoms with E-state index in [-0.39, 0.29) is 14.9 Å². The van der Waals surface area contributed by atoms with Crippen molar-refractivity contribution < 1.29 is 0 Å². The standard InChI is InChI=1S/C50H36N2.C26H18BrN.C24H19N.2CH4/c1-2-36-18-20-41(21-19-36)42-26-32-49-47(34-42)48-35-46(31-33-50(48)52(49)43-16-10-5-11-17-43)51(44-27-22-39(23-28-44)37-12-6-3-7-13-37)45-29-24-40(25-30-45)38-14-8-4-9-15-38;1-2-18-8-10-19(11-9-18)20-12-14-25-23(16-20)24-17-21(27)13-15-26(24)28(25)22-6-4-3-5-7-22;1-3-7-19(8-4-1)21-11-15-23(16-12-21)25-24-17-13-22(14-18-24)20-9-5-2-6-10-20;;/h2-35H,1H2;2-17H,1H2;1-18,25H;2*1H4. The van der Waals surface area contributed by atoms with E-state index in [2.05, 4.69) is 437 Å². The van der Waals surface area contributed by atoms with E-state index in [1.165, 1.54) is 116 Å². The lowest BCUT2D eigenvalue weighted by Gasteiger charge is -2.26. The van der Waals surface area contributed by atoms with Crippen LogP contribution in [-0.4, -0.2) is 9.13 Å². The van der Waals surface area contributed by atoms with Gasteiger partial charge in [0.15, 0.2) is 0 Å². The van der Waals surface area contributed by atoms with Crippen molar-refractivity contribution in [1.82, 2.24) is 9.13 Å². The second-order valence-corrected chi connectivity index (χ2v) is 26.9. The predicted molar refractivity (Wildman–Crippen MR) is 466 cm³/mol. The molecule has 0 bridgehead atoms. The molecule has 516 valence electrons. The van der Waals surface area contributed by atoms with Gasteiger partial charge in [-0.1, -0.05) is 323 Å². The molecule has 4 nitrogen and oxygen atoms in total. The number of nitrogens with zero attached hydrogens (tertiary/aromatic N) is 3. The highest BCUT2D eigenvalue weighted by Gasteiger charge is 2.20. The Bertz CT molecular complexity index is 5840. The molecule has 0 unspecified atom stereocenters. The molecule has 0 aliphatic heterocycles. The third kappa shape index (κ3) is 15.4. The Labute approximate surface area is 637 Å². The quantitative estimate of drug-likeness (QED) is 0.111. The average molecular weight is 1440 g/mol. The van der Waals surface area contributed by atoms with E-state index in [0.29, 0.717) is 0 Å². The maximum atomic E-state index is 3.94. The van der Waals surface area contributed by atoms with Gasteiger partial charge in [-0.3, -0.25) is 0 Å². The van der Waals surface area contributed by atoms with Crippen LogP contribution in [0.15, 0.2) is 418 Å². The van der Waals surface area contributed by atoms with Crippen molar-refractivity contribution >= 4 is 100 Å². The zero-order chi connectivity index (χ0) is 70.8. The van der Waals surface area contributed by atoms with Crippen LogP contribution in [0.4, 0.5) is 28.4 Å². The molecule has 2 heterocycles. The molecular formula is C102H81BrN4. The fourth-order valence-corrected chi connectivity index (χ4v) is 14.4. The molecule has 0 radical (unpaired) electrons. The van der Waals surface area contributed by atoms with Crippen molar-refractivity contribution in [3.63, 3.8) is 0 Å². The van der Waals surface area contributed by atoms with Gasteiger partial charge in [-0.2, -0.15) is 0 Å². The first-order valence-corrected chi connectivity index (χ1v) is 36.2. The molecule has 0 atom stereocenters. The van der Waals surface area contributed by atoms with Gasteiger partial charge >= 0.3 is 0 Å². The van der Waals surface area contributed by atoms with Crippen LogP contribution in [0, 0.1) is 0 Å². The monoisotopic (exact) mass is 1440 g/mol. The van der Waals surface area contributed by atoms with Crippen molar-refractivity contribution in [3.05, 3.63) is 429 Å². The average Bonchev–Trinajstić information content (AvgIpc) is 1.60. The zero-order valence-corrected chi connectivity index (χ0v) is 59.5. The second-order valence-electron chi connectivity index (χ2n) is 26.0. The van der Waals surface area contributed by atoms with E-state index in [1.54, 1.807) is 0 Å². The number of anilines is 5. The van der Waals surface area contributed by atoms with Crippen molar-refractivity contribution in [2.45, 2.75) is 14.9 Å². The number of aromatic nitrogens is 2. The van der Waals surface area contributed by atoms with Gasteiger partial charge < -0.3 is 19.4 Å². The summed E-state index contributed by atoms with van der Waals surface area (Å²) in [6.07, 6.45) is 3.76. The molecule has 0 amide bonds. The van der Waals surface area contributed by atoms with E-state index >= 15 is 0 Å². The Morgan fingerprint density at radius 2 is 0.495 bits per heavy atom. The van der Waals surface area contributed by atoms with Crippen molar-refractivity contribution in [2.24, 2.45) is 0 Å². The van der Waals surface area contributed by atoms with Crippen LogP contribution in [0.1, 0.15) is 26.0 Å². The molecule has 0 saturated heterocycles. The van der Waals surface area contributed by atoms with Crippen LogP contribution in [0.5, 0.6) is 0 Å². The SMILES string of the molecule is C.C.C=Cc1ccc(-c2ccc3c(c2)c2cc(Br)ccc2n3-c2ccccc2)cc1.C=Cc1ccc(-c2ccc3c(c2)c2cc(N(c4ccc(-c5ccccc5)cc4)c4ccc(-c5ccccc5)cc4)ccc2n3-c2ccccc2)cc1.c1ccc(-c2ccc(Nc3ccc(-c4ccccc4)cc3)cc2)cc1. The van der Waals surface area contributed by atoms with Gasteiger partial charge in [0.25, 0.3) is 0 Å². The highest BCUT2D eigenvalue weighted by atomic mass is 79.9. The van der Waals surface area contributed by atoms with Crippen LogP contribution in [0.25, 0.3) is 134 Å². The van der Waals surface area contributed by atoms with Gasteiger partial charge in [0.2, 0.25) is 0 Å². The fraction of sp³-hybridized carbons (Fsp3) is 0.0196. The molecule has 18 rings (SSSR count). The molecule has 0 aliphatic carbocycles. The van der Waals surface area contributed by atoms with E-state index in [4.69, 9.17) is 0 Å². The predicted octanol–water partition coefficient (Wildman–Crippen LogP) is 29.8. The Balaban J connectivity index is 0.000000147. The first-order chi connectivity index (χ1) is 51.9. The largest absolute Gasteiger partial charge is 0.356 e. The Morgan fingerprint density at radius 3 is 0.841 bits per heavy atom. The van der Waals surface area contributed by atoms with E-state index < -0.39 is 0 Å². The third-order valence-electron chi connectivity index (χ3n) is 19.5. The molecule has 0 fully saturated rings. The van der Waals surface area contributed by atoms with Gasteiger partial charge in [-0.25, -0.2) is 0 Å². The highest BCUT2D eigenvalue weighted by Crippen LogP contribution is 2.43. The maximum absolute atomic E-state index is 3.94. The normalized spacial score (nSPS) is 10.8. The number of hydrogen-bond donors (Lipinski definition) is 1. The van der Waals surface area contributed by atoms with Crippen LogP contribution in [-0.2, 0) is 0 Å². The van der Waals surface area contributed by atoms with Crippen LogP contribution in [0.3, 0.4) is 0 Å². The number of hydrogen-bond acceptors (Lipinski definition) is 2. The molecule has 1 N–H and O–H groups in total. The van der Waals surface area contributed by atoms with Crippen molar-refractivity contribution in [1.29, 1.82) is 0 Å². The summed E-state index contributed by atoms with van der Waals surface area (Å²) < 4.78 is 5.81. The summed E-state index contributed by atoms with van der Waals surface area (Å²) in [5.74, 6) is 0. The zero-order valence-electron chi connectivity index (χ0n) is 57.9. The van der Waals surface area contributed by atoms with Gasteiger partial charge in [-0.05, 0) is 211 Å². The lowest BCUT2D eigenvalue weighted by Crippen LogP contribution is -2.10. The van der Waals surface area contributed by atoms with Crippen molar-refractivity contribution in [3.8, 4) is 78.1 Å². The lowest BCUT2D eigenvalue weighted by molar-refractivity contribution is 1.18. The number of para-hydroxylation sites is 2. The minimum Gasteiger partial charge on any atom is -0.356 e. The molecule has 0 saturated carbocycles. The summed E-state index contributed by atoms with van der Waals surface area (Å²) in [6.45, 7) is 7.78. The van der Waals surface area contributed by atoms with E-state index in [1.807, 2.05) is 24.3 Å². The third-order valence-corrected chi connectivity index (χ3v) is 20.0. The molecule has 0 aliphatic rings. The first kappa shape index (κ1) is 70.7. The number of halogens is 1.